The molecule has 7 heteroatoms. The Hall–Kier alpha value is -3.87. The molecule has 3 aromatic rings. The molecule has 0 bridgehead atoms. The van der Waals surface area contributed by atoms with Crippen molar-refractivity contribution in [3.05, 3.63) is 71.4 Å². The zero-order valence-corrected chi connectivity index (χ0v) is 19.5. The molecule has 7 nitrogen and oxygen atoms in total. The SMILES string of the molecule is COc1ccc(CCC(=O)C[C@@H]2[C@H]3Oc4ccc(Oc5ccnc6c5CCC(=O)N6)cc4[C@@H]23)cc1. The van der Waals surface area contributed by atoms with Crippen molar-refractivity contribution in [3.63, 3.8) is 0 Å². The largest absolute Gasteiger partial charge is 0.497 e. The lowest BCUT2D eigenvalue weighted by molar-refractivity contribution is -0.119. The molecule has 3 heterocycles. The molecular weight excluding hydrogens is 444 g/mol. The molecule has 0 radical (unpaired) electrons. The molecule has 0 saturated heterocycles. The van der Waals surface area contributed by atoms with E-state index in [1.165, 1.54) is 0 Å². The van der Waals surface area contributed by atoms with Gasteiger partial charge in [-0.1, -0.05) is 12.1 Å². The lowest BCUT2D eigenvalue weighted by atomic mass is 10.0. The van der Waals surface area contributed by atoms with Crippen LogP contribution in [0.3, 0.4) is 0 Å². The van der Waals surface area contributed by atoms with Gasteiger partial charge < -0.3 is 19.5 Å². The lowest BCUT2D eigenvalue weighted by Gasteiger charge is -2.19. The van der Waals surface area contributed by atoms with Crippen LogP contribution in [0.4, 0.5) is 5.82 Å². The number of carbonyl (C=O) groups is 2. The maximum atomic E-state index is 12.7. The standard InChI is InChI=1S/C28H26N2O5/c1-33-18-6-3-16(4-7-18)2-5-17(31)14-22-26-21-15-19(8-10-23(21)35-27(22)26)34-24-12-13-29-28-20(24)9-11-25(32)30-28/h3-4,6-8,10,12-13,15,22,26-27H,2,5,9,11,14H2,1H3,(H,29,30,32)/t22-,26-,27+/m0/s1. The normalized spacial score (nSPS) is 21.2. The molecule has 1 saturated carbocycles. The smallest absolute Gasteiger partial charge is 0.225 e. The number of aryl methyl sites for hydroxylation is 1. The number of hydrogen-bond acceptors (Lipinski definition) is 6. The van der Waals surface area contributed by atoms with Gasteiger partial charge in [-0.05, 0) is 54.8 Å². The van der Waals surface area contributed by atoms with Gasteiger partial charge in [-0.3, -0.25) is 9.59 Å². The summed E-state index contributed by atoms with van der Waals surface area (Å²) in [5.41, 5.74) is 3.15. The molecule has 0 spiro atoms. The van der Waals surface area contributed by atoms with Crippen LogP contribution in [-0.2, 0) is 22.4 Å². The van der Waals surface area contributed by atoms with Gasteiger partial charge in [0, 0.05) is 48.4 Å². The Bertz CT molecular complexity index is 1300. The third kappa shape index (κ3) is 4.22. The summed E-state index contributed by atoms with van der Waals surface area (Å²) < 4.78 is 17.5. The van der Waals surface area contributed by atoms with Gasteiger partial charge in [0.15, 0.2) is 0 Å². The predicted molar refractivity (Wildman–Crippen MR) is 129 cm³/mol. The van der Waals surface area contributed by atoms with Gasteiger partial charge in [-0.25, -0.2) is 4.98 Å². The average molecular weight is 471 g/mol. The first-order valence-electron chi connectivity index (χ1n) is 12.0. The second kappa shape index (κ2) is 8.73. The lowest BCUT2D eigenvalue weighted by Crippen LogP contribution is -2.20. The first kappa shape index (κ1) is 21.6. The van der Waals surface area contributed by atoms with E-state index in [4.69, 9.17) is 14.2 Å². The van der Waals surface area contributed by atoms with E-state index >= 15 is 0 Å². The molecule has 2 aromatic carbocycles. The highest BCUT2D eigenvalue weighted by atomic mass is 16.5. The second-order valence-electron chi connectivity index (χ2n) is 9.35. The summed E-state index contributed by atoms with van der Waals surface area (Å²) in [6.45, 7) is 0. The van der Waals surface area contributed by atoms with Crippen LogP contribution >= 0.6 is 0 Å². The summed E-state index contributed by atoms with van der Waals surface area (Å²) in [5, 5.41) is 2.80. The third-order valence-electron chi connectivity index (χ3n) is 7.12. The van der Waals surface area contributed by atoms with Gasteiger partial charge in [0.25, 0.3) is 0 Å². The summed E-state index contributed by atoms with van der Waals surface area (Å²) in [4.78, 5) is 28.6. The van der Waals surface area contributed by atoms with Gasteiger partial charge in [0.2, 0.25) is 5.91 Å². The van der Waals surface area contributed by atoms with E-state index < -0.39 is 0 Å². The van der Waals surface area contributed by atoms with Gasteiger partial charge in [0.1, 0.15) is 40.7 Å². The zero-order chi connectivity index (χ0) is 23.9. The van der Waals surface area contributed by atoms with Crippen molar-refractivity contribution in [3.8, 4) is 23.0 Å². The molecule has 35 heavy (non-hydrogen) atoms. The number of ether oxygens (including phenoxy) is 3. The van der Waals surface area contributed by atoms with Gasteiger partial charge >= 0.3 is 0 Å². The number of aromatic nitrogens is 1. The number of Topliss-reactive ketones (excluding diaryl/α,β-unsaturated/α-hetero) is 1. The van der Waals surface area contributed by atoms with Gasteiger partial charge in [0.05, 0.1) is 7.11 Å². The predicted octanol–water partition coefficient (Wildman–Crippen LogP) is 4.83. The zero-order valence-electron chi connectivity index (χ0n) is 19.5. The molecule has 0 unspecified atom stereocenters. The van der Waals surface area contributed by atoms with Crippen molar-refractivity contribution < 1.29 is 23.8 Å². The number of methoxy groups -OCH3 is 1. The number of carbonyl (C=O) groups excluding carboxylic acids is 2. The van der Waals surface area contributed by atoms with Gasteiger partial charge in [-0.15, -0.1) is 0 Å². The summed E-state index contributed by atoms with van der Waals surface area (Å²) in [5.74, 6) is 4.39. The maximum Gasteiger partial charge on any atom is 0.225 e. The number of amides is 1. The van der Waals surface area contributed by atoms with Crippen LogP contribution in [-0.4, -0.2) is 29.9 Å². The molecule has 1 aliphatic carbocycles. The number of fused-ring (bicyclic) bond motifs is 4. The number of rotatable bonds is 8. The maximum absolute atomic E-state index is 12.7. The Morgan fingerprint density at radius 3 is 2.77 bits per heavy atom. The van der Waals surface area contributed by atoms with Crippen LogP contribution in [0.5, 0.6) is 23.0 Å². The van der Waals surface area contributed by atoms with Crippen molar-refractivity contribution in [2.24, 2.45) is 5.92 Å². The van der Waals surface area contributed by atoms with Crippen molar-refractivity contribution in [1.82, 2.24) is 4.98 Å². The summed E-state index contributed by atoms with van der Waals surface area (Å²) >= 11 is 0. The molecule has 1 aromatic heterocycles. The first-order chi connectivity index (χ1) is 17.1. The number of pyridine rings is 1. The number of nitrogens with zero attached hydrogens (tertiary/aromatic N) is 1. The highest BCUT2D eigenvalue weighted by Gasteiger charge is 2.58. The fraction of sp³-hybridized carbons (Fsp3) is 0.321. The van der Waals surface area contributed by atoms with Gasteiger partial charge in [-0.2, -0.15) is 0 Å². The van der Waals surface area contributed by atoms with E-state index in [1.807, 2.05) is 48.5 Å². The minimum Gasteiger partial charge on any atom is -0.497 e. The first-order valence-corrected chi connectivity index (χ1v) is 12.0. The third-order valence-corrected chi connectivity index (χ3v) is 7.12. The number of anilines is 1. The molecule has 3 aliphatic rings. The van der Waals surface area contributed by atoms with Crippen LogP contribution in [0, 0.1) is 5.92 Å². The molecule has 1 fully saturated rings. The Labute approximate surface area is 203 Å². The topological polar surface area (TPSA) is 86.8 Å². The van der Waals surface area contributed by atoms with Crippen LogP contribution in [0.25, 0.3) is 0 Å². The van der Waals surface area contributed by atoms with E-state index in [2.05, 4.69) is 10.3 Å². The number of nitrogens with one attached hydrogen (secondary N) is 1. The molecule has 1 amide bonds. The Balaban J connectivity index is 1.09. The Kier molecular flexibility index (Phi) is 5.40. The Morgan fingerprint density at radius 1 is 1.11 bits per heavy atom. The van der Waals surface area contributed by atoms with E-state index in [0.717, 1.165) is 40.4 Å². The minimum atomic E-state index is -0.0267. The van der Waals surface area contributed by atoms with Crippen LogP contribution in [0.2, 0.25) is 0 Å². The van der Waals surface area contributed by atoms with Crippen molar-refractivity contribution in [2.45, 2.75) is 44.1 Å². The van der Waals surface area contributed by atoms with Crippen LogP contribution < -0.4 is 19.5 Å². The average Bonchev–Trinajstić information content (AvgIpc) is 3.39. The monoisotopic (exact) mass is 470 g/mol. The van der Waals surface area contributed by atoms with E-state index in [1.54, 1.807) is 13.3 Å². The number of hydrogen-bond donors (Lipinski definition) is 1. The van der Waals surface area contributed by atoms with Crippen molar-refractivity contribution in [2.75, 3.05) is 12.4 Å². The molecule has 6 rings (SSSR count). The van der Waals surface area contributed by atoms with Crippen LogP contribution in [0.1, 0.15) is 41.9 Å². The molecule has 1 N–H and O–H groups in total. The van der Waals surface area contributed by atoms with E-state index in [9.17, 15) is 9.59 Å². The summed E-state index contributed by atoms with van der Waals surface area (Å²) in [7, 11) is 1.65. The van der Waals surface area contributed by atoms with Crippen molar-refractivity contribution >= 4 is 17.5 Å². The van der Waals surface area contributed by atoms with E-state index in [-0.39, 0.29) is 29.6 Å². The number of ketones is 1. The van der Waals surface area contributed by atoms with Crippen LogP contribution in [0.15, 0.2) is 54.7 Å². The quantitative estimate of drug-likeness (QED) is 0.507. The summed E-state index contributed by atoms with van der Waals surface area (Å²) in [6, 6.07) is 15.5. The fourth-order valence-corrected chi connectivity index (χ4v) is 5.18. The highest BCUT2D eigenvalue weighted by Crippen LogP contribution is 2.60. The molecular formula is C28H26N2O5. The molecule has 178 valence electrons. The van der Waals surface area contributed by atoms with E-state index in [0.29, 0.717) is 37.3 Å². The summed E-state index contributed by atoms with van der Waals surface area (Å²) in [6.07, 6.45) is 4.54. The minimum absolute atomic E-state index is 0.0267. The Morgan fingerprint density at radius 2 is 1.94 bits per heavy atom. The second-order valence-corrected chi connectivity index (χ2v) is 9.35. The fourth-order valence-electron chi connectivity index (χ4n) is 5.18. The number of benzene rings is 2. The van der Waals surface area contributed by atoms with Crippen molar-refractivity contribution in [1.29, 1.82) is 0 Å². The molecule has 3 atom stereocenters. The molecule has 2 aliphatic heterocycles. The highest BCUT2D eigenvalue weighted by molar-refractivity contribution is 5.93.